The van der Waals surface area contributed by atoms with E-state index in [-0.39, 0.29) is 10.7 Å². The van der Waals surface area contributed by atoms with Crippen LogP contribution in [0.5, 0.6) is 0 Å². The summed E-state index contributed by atoms with van der Waals surface area (Å²) in [6.07, 6.45) is 1.35. The van der Waals surface area contributed by atoms with Crippen LogP contribution < -0.4 is 16.3 Å². The van der Waals surface area contributed by atoms with Crippen LogP contribution in [0.4, 0.5) is 0 Å². The maximum Gasteiger partial charge on any atom is 0.348 e. The van der Waals surface area contributed by atoms with Gasteiger partial charge in [0, 0.05) is 0 Å². The summed E-state index contributed by atoms with van der Waals surface area (Å²) in [5.41, 5.74) is -0.357. The van der Waals surface area contributed by atoms with Crippen LogP contribution in [0.2, 0.25) is 5.15 Å². The summed E-state index contributed by atoms with van der Waals surface area (Å²) in [6.45, 7) is 4.03. The van der Waals surface area contributed by atoms with E-state index in [0.29, 0.717) is 38.3 Å². The lowest BCUT2D eigenvalue weighted by atomic mass is 10.2. The van der Waals surface area contributed by atoms with E-state index < -0.39 is 5.69 Å². The number of H-pyrrole nitrogens is 1. The molecule has 0 saturated carbocycles. The number of hydrogen-bond donors (Lipinski definition) is 1. The van der Waals surface area contributed by atoms with Crippen molar-refractivity contribution < 1.29 is 4.74 Å². The second kappa shape index (κ2) is 5.58. The zero-order valence-electron chi connectivity index (χ0n) is 10.2. The average Bonchev–Trinajstić information content (AvgIpc) is 2.35. The Kier molecular flexibility index (Phi) is 4.08. The van der Waals surface area contributed by atoms with E-state index in [4.69, 9.17) is 16.3 Å². The van der Waals surface area contributed by atoms with Crippen molar-refractivity contribution in [3.05, 3.63) is 31.6 Å². The summed E-state index contributed by atoms with van der Waals surface area (Å²) in [6, 6.07) is 0. The van der Waals surface area contributed by atoms with Crippen molar-refractivity contribution in [2.75, 3.05) is 31.3 Å². The van der Waals surface area contributed by atoms with Crippen LogP contribution in [-0.4, -0.2) is 36.0 Å². The highest BCUT2D eigenvalue weighted by Crippen LogP contribution is 2.08. The number of ether oxygens (including phenoxy) is 1. The van der Waals surface area contributed by atoms with Crippen LogP contribution in [0.15, 0.2) is 9.59 Å². The Bertz CT molecular complexity index is 531. The van der Waals surface area contributed by atoms with Gasteiger partial charge in [-0.15, -0.1) is 0 Å². The van der Waals surface area contributed by atoms with Crippen molar-refractivity contribution in [1.82, 2.24) is 9.66 Å². The predicted molar refractivity (Wildman–Crippen MR) is 69.1 cm³/mol. The molecule has 1 aromatic rings. The fraction of sp³-hybridized carbons (Fsp3) is 0.636. The Morgan fingerprint density at radius 3 is 2.61 bits per heavy atom. The van der Waals surface area contributed by atoms with Crippen LogP contribution in [0, 0.1) is 0 Å². The van der Waals surface area contributed by atoms with Crippen molar-refractivity contribution >= 4 is 11.6 Å². The third kappa shape index (κ3) is 2.44. The molecule has 18 heavy (non-hydrogen) atoms. The molecule has 1 aromatic heterocycles. The number of nitrogens with one attached hydrogen (secondary N) is 1. The summed E-state index contributed by atoms with van der Waals surface area (Å²) in [5, 5.41) is 1.84. The van der Waals surface area contributed by atoms with Crippen molar-refractivity contribution in [2.24, 2.45) is 0 Å². The smallest absolute Gasteiger partial charge is 0.348 e. The van der Waals surface area contributed by atoms with E-state index in [1.165, 1.54) is 0 Å². The van der Waals surface area contributed by atoms with Crippen molar-refractivity contribution in [3.63, 3.8) is 0 Å². The van der Waals surface area contributed by atoms with Crippen molar-refractivity contribution in [2.45, 2.75) is 19.8 Å². The van der Waals surface area contributed by atoms with E-state index in [1.807, 2.05) is 6.92 Å². The molecule has 1 saturated heterocycles. The average molecular weight is 274 g/mol. The number of aromatic amines is 1. The van der Waals surface area contributed by atoms with Gasteiger partial charge in [-0.1, -0.05) is 24.9 Å². The first-order chi connectivity index (χ1) is 8.65. The van der Waals surface area contributed by atoms with E-state index in [2.05, 4.69) is 4.98 Å². The second-order valence-electron chi connectivity index (χ2n) is 4.16. The third-order valence-electron chi connectivity index (χ3n) is 2.89. The molecule has 2 heterocycles. The molecular weight excluding hydrogens is 258 g/mol. The summed E-state index contributed by atoms with van der Waals surface area (Å²) >= 11 is 5.91. The lowest BCUT2D eigenvalue weighted by Crippen LogP contribution is -2.55. The van der Waals surface area contributed by atoms with Gasteiger partial charge in [-0.2, -0.15) is 4.68 Å². The molecule has 1 N–H and O–H groups in total. The lowest BCUT2D eigenvalue weighted by molar-refractivity contribution is 0.110. The Labute approximate surface area is 109 Å². The Morgan fingerprint density at radius 2 is 2.00 bits per heavy atom. The van der Waals surface area contributed by atoms with E-state index in [1.54, 1.807) is 5.01 Å². The molecule has 0 amide bonds. The number of hydrogen-bond acceptors (Lipinski definition) is 4. The minimum Gasteiger partial charge on any atom is -0.378 e. The molecule has 6 nitrogen and oxygen atoms in total. The predicted octanol–water partition coefficient (Wildman–Crippen LogP) is 0.111. The molecule has 1 fully saturated rings. The van der Waals surface area contributed by atoms with Gasteiger partial charge in [0.15, 0.2) is 0 Å². The summed E-state index contributed by atoms with van der Waals surface area (Å²) in [5.74, 6) is 0. The van der Waals surface area contributed by atoms with Gasteiger partial charge in [0.05, 0.1) is 31.9 Å². The Hall–Kier alpha value is -1.27. The maximum atomic E-state index is 12.3. The molecule has 0 spiro atoms. The zero-order valence-corrected chi connectivity index (χ0v) is 11.0. The molecule has 0 aliphatic carbocycles. The van der Waals surface area contributed by atoms with E-state index in [0.717, 1.165) is 11.1 Å². The minimum atomic E-state index is -0.494. The van der Waals surface area contributed by atoms with Gasteiger partial charge in [0.25, 0.3) is 5.56 Å². The molecule has 2 rings (SSSR count). The van der Waals surface area contributed by atoms with Gasteiger partial charge in [0.1, 0.15) is 5.15 Å². The monoisotopic (exact) mass is 273 g/mol. The van der Waals surface area contributed by atoms with E-state index >= 15 is 0 Å². The maximum absolute atomic E-state index is 12.3. The van der Waals surface area contributed by atoms with Crippen molar-refractivity contribution in [3.8, 4) is 0 Å². The Morgan fingerprint density at radius 1 is 1.33 bits per heavy atom. The summed E-state index contributed by atoms with van der Waals surface area (Å²) in [4.78, 5) is 26.7. The summed E-state index contributed by atoms with van der Waals surface area (Å²) in [7, 11) is 0. The fourth-order valence-electron chi connectivity index (χ4n) is 2.01. The topological polar surface area (TPSA) is 67.3 Å². The van der Waals surface area contributed by atoms with Gasteiger partial charge in [0.2, 0.25) is 0 Å². The highest BCUT2D eigenvalue weighted by molar-refractivity contribution is 6.30. The zero-order chi connectivity index (χ0) is 13.1. The van der Waals surface area contributed by atoms with Crippen LogP contribution in [0.3, 0.4) is 0 Å². The van der Waals surface area contributed by atoms with Crippen LogP contribution in [0.1, 0.15) is 18.9 Å². The van der Waals surface area contributed by atoms with Gasteiger partial charge >= 0.3 is 5.69 Å². The third-order valence-corrected chi connectivity index (χ3v) is 3.22. The molecule has 0 atom stereocenters. The van der Waals surface area contributed by atoms with Crippen LogP contribution in [0.25, 0.3) is 0 Å². The second-order valence-corrected chi connectivity index (χ2v) is 4.53. The molecule has 7 heteroatoms. The highest BCUT2D eigenvalue weighted by Gasteiger charge is 2.18. The molecule has 1 aliphatic heterocycles. The number of rotatable bonds is 3. The first-order valence-corrected chi connectivity index (χ1v) is 6.39. The first kappa shape index (κ1) is 13.2. The van der Waals surface area contributed by atoms with Crippen LogP contribution >= 0.6 is 11.6 Å². The summed E-state index contributed by atoms with van der Waals surface area (Å²) < 4.78 is 6.35. The minimum absolute atomic E-state index is 0.149. The van der Waals surface area contributed by atoms with Gasteiger partial charge in [-0.25, -0.2) is 4.79 Å². The number of nitrogens with zero attached hydrogens (tertiary/aromatic N) is 2. The van der Waals surface area contributed by atoms with Crippen molar-refractivity contribution in [1.29, 1.82) is 0 Å². The normalized spacial score (nSPS) is 16.0. The molecular formula is C11H16ClN3O3. The number of morpholine rings is 1. The lowest BCUT2D eigenvalue weighted by Gasteiger charge is -2.29. The van der Waals surface area contributed by atoms with Gasteiger partial charge in [-0.05, 0) is 6.42 Å². The van der Waals surface area contributed by atoms with Gasteiger partial charge < -0.3 is 9.75 Å². The largest absolute Gasteiger partial charge is 0.378 e. The molecule has 0 unspecified atom stereocenters. The molecule has 1 aliphatic rings. The molecule has 0 bridgehead atoms. The van der Waals surface area contributed by atoms with Crippen LogP contribution in [-0.2, 0) is 11.2 Å². The van der Waals surface area contributed by atoms with E-state index in [9.17, 15) is 9.59 Å². The molecule has 100 valence electrons. The molecule has 0 aromatic carbocycles. The molecule has 0 radical (unpaired) electrons. The first-order valence-electron chi connectivity index (χ1n) is 6.01. The fourth-order valence-corrected chi connectivity index (χ4v) is 2.27. The quantitative estimate of drug-likeness (QED) is 0.794. The highest BCUT2D eigenvalue weighted by atomic mass is 35.5. The Balaban J connectivity index is 2.49. The van der Waals surface area contributed by atoms with Gasteiger partial charge in [-0.3, -0.25) is 9.78 Å². The SMILES string of the molecule is CCCc1c(Cl)[nH]c(=O)n(N2CCOCC2)c1=O. The standard InChI is InChI=1S/C11H16ClN3O3/c1-2-3-8-9(12)13-11(17)15(10(8)16)14-4-6-18-7-5-14/h2-7H2,1H3,(H,13,17). The number of aromatic nitrogens is 2. The number of halogens is 1.